The van der Waals surface area contributed by atoms with Crippen LogP contribution in [0.25, 0.3) is 23.1 Å². The molecule has 29 heavy (non-hydrogen) atoms. The van der Waals surface area contributed by atoms with E-state index in [0.717, 1.165) is 44.9 Å². The highest BCUT2D eigenvalue weighted by atomic mass is 16.5. The van der Waals surface area contributed by atoms with Gasteiger partial charge in [0.25, 0.3) is 0 Å². The molecule has 0 radical (unpaired) electrons. The molecule has 2 heterocycles. The molecular weight excluding hydrogens is 360 g/mol. The normalized spacial score (nSPS) is 11.4. The van der Waals surface area contributed by atoms with Crippen molar-refractivity contribution in [2.45, 2.75) is 20.1 Å². The fourth-order valence-corrected chi connectivity index (χ4v) is 3.32. The summed E-state index contributed by atoms with van der Waals surface area (Å²) in [5.74, 6) is 2.65. The molecule has 0 saturated carbocycles. The van der Waals surface area contributed by atoms with Crippen molar-refractivity contribution < 1.29 is 9.15 Å². The van der Waals surface area contributed by atoms with Gasteiger partial charge in [-0.2, -0.15) is 0 Å². The van der Waals surface area contributed by atoms with E-state index in [2.05, 4.69) is 53.9 Å². The number of hydrogen-bond donors (Lipinski definition) is 1. The Morgan fingerprint density at radius 1 is 1.00 bits per heavy atom. The SMILES string of the molecule is COCc1cccc(C=Cc2cccc3nc(NCc4ccc(C)o4)ccc23)c1. The van der Waals surface area contributed by atoms with Gasteiger partial charge in [-0.3, -0.25) is 0 Å². The van der Waals surface area contributed by atoms with Crippen molar-refractivity contribution in [3.05, 3.63) is 94.9 Å². The summed E-state index contributed by atoms with van der Waals surface area (Å²) >= 11 is 0. The van der Waals surface area contributed by atoms with Crippen molar-refractivity contribution >= 4 is 28.9 Å². The number of furan rings is 1. The van der Waals surface area contributed by atoms with Crippen LogP contribution in [0.4, 0.5) is 5.82 Å². The third kappa shape index (κ3) is 4.73. The molecule has 0 spiro atoms. The number of aryl methyl sites for hydroxylation is 1. The molecule has 2 aromatic carbocycles. The molecule has 0 bridgehead atoms. The van der Waals surface area contributed by atoms with Crippen molar-refractivity contribution in [2.75, 3.05) is 12.4 Å². The van der Waals surface area contributed by atoms with E-state index >= 15 is 0 Å². The summed E-state index contributed by atoms with van der Waals surface area (Å²) in [7, 11) is 1.71. The quantitative estimate of drug-likeness (QED) is 0.393. The maximum absolute atomic E-state index is 5.60. The number of nitrogens with zero attached hydrogens (tertiary/aromatic N) is 1. The van der Waals surface area contributed by atoms with Gasteiger partial charge in [0, 0.05) is 12.5 Å². The number of hydrogen-bond acceptors (Lipinski definition) is 4. The molecule has 0 atom stereocenters. The summed E-state index contributed by atoms with van der Waals surface area (Å²) in [6.07, 6.45) is 4.26. The van der Waals surface area contributed by atoms with Gasteiger partial charge in [0.2, 0.25) is 0 Å². The maximum atomic E-state index is 5.60. The first-order valence-electron chi connectivity index (χ1n) is 9.66. The fourth-order valence-electron chi connectivity index (χ4n) is 3.32. The minimum atomic E-state index is 0.615. The molecule has 0 fully saturated rings. The van der Waals surface area contributed by atoms with Gasteiger partial charge >= 0.3 is 0 Å². The number of ether oxygens (including phenoxy) is 1. The van der Waals surface area contributed by atoms with E-state index in [0.29, 0.717) is 13.2 Å². The monoisotopic (exact) mass is 384 g/mol. The van der Waals surface area contributed by atoms with Crippen LogP contribution in [0.5, 0.6) is 0 Å². The fraction of sp³-hybridized carbons (Fsp3) is 0.160. The number of methoxy groups -OCH3 is 1. The average molecular weight is 384 g/mol. The average Bonchev–Trinajstić information content (AvgIpc) is 3.16. The van der Waals surface area contributed by atoms with E-state index in [1.807, 2.05) is 37.3 Å². The van der Waals surface area contributed by atoms with Gasteiger partial charge in [0.1, 0.15) is 17.3 Å². The molecule has 4 heteroatoms. The molecule has 0 saturated heterocycles. The van der Waals surface area contributed by atoms with Gasteiger partial charge in [-0.25, -0.2) is 4.98 Å². The van der Waals surface area contributed by atoms with Crippen molar-refractivity contribution in [2.24, 2.45) is 0 Å². The third-order valence-electron chi connectivity index (χ3n) is 4.72. The summed E-state index contributed by atoms with van der Waals surface area (Å²) in [5, 5.41) is 4.45. The lowest BCUT2D eigenvalue weighted by atomic mass is 10.1. The van der Waals surface area contributed by atoms with E-state index < -0.39 is 0 Å². The first-order valence-corrected chi connectivity index (χ1v) is 9.66. The van der Waals surface area contributed by atoms with Gasteiger partial charge in [0.05, 0.1) is 18.7 Å². The van der Waals surface area contributed by atoms with E-state index in [9.17, 15) is 0 Å². The van der Waals surface area contributed by atoms with Crippen LogP contribution in [0.3, 0.4) is 0 Å². The predicted octanol–water partition coefficient (Wildman–Crippen LogP) is 6.07. The Balaban J connectivity index is 1.53. The molecule has 146 valence electrons. The molecule has 0 aliphatic heterocycles. The van der Waals surface area contributed by atoms with Crippen LogP contribution < -0.4 is 5.32 Å². The Morgan fingerprint density at radius 3 is 2.72 bits per heavy atom. The number of pyridine rings is 1. The number of aromatic nitrogens is 1. The smallest absolute Gasteiger partial charge is 0.127 e. The summed E-state index contributed by atoms with van der Waals surface area (Å²) in [6, 6.07) is 22.6. The molecule has 0 aliphatic carbocycles. The van der Waals surface area contributed by atoms with Crippen molar-refractivity contribution in [1.82, 2.24) is 4.98 Å². The van der Waals surface area contributed by atoms with Crippen LogP contribution in [0.2, 0.25) is 0 Å². The Bertz CT molecular complexity index is 1140. The van der Waals surface area contributed by atoms with Gasteiger partial charge in [0.15, 0.2) is 0 Å². The van der Waals surface area contributed by atoms with Crippen LogP contribution in [0.15, 0.2) is 71.1 Å². The molecule has 4 nitrogen and oxygen atoms in total. The Morgan fingerprint density at radius 2 is 1.90 bits per heavy atom. The standard InChI is InChI=1S/C25H24N2O2/c1-18-9-12-22(29-18)16-26-25-14-13-23-21(7-4-8-24(23)27-25)11-10-19-5-3-6-20(15-19)17-28-2/h3-15H,16-17H2,1-2H3,(H,26,27). The van der Waals surface area contributed by atoms with Gasteiger partial charge in [-0.05, 0) is 60.0 Å². The van der Waals surface area contributed by atoms with Crippen LogP contribution in [-0.2, 0) is 17.9 Å². The van der Waals surface area contributed by atoms with Crippen LogP contribution in [0.1, 0.15) is 28.2 Å². The Kier molecular flexibility index (Phi) is 5.73. The minimum absolute atomic E-state index is 0.615. The lowest BCUT2D eigenvalue weighted by Crippen LogP contribution is -2.00. The van der Waals surface area contributed by atoms with Crippen LogP contribution in [-0.4, -0.2) is 12.1 Å². The second kappa shape index (κ2) is 8.76. The zero-order chi connectivity index (χ0) is 20.1. The van der Waals surface area contributed by atoms with Crippen molar-refractivity contribution in [3.8, 4) is 0 Å². The largest absolute Gasteiger partial charge is 0.465 e. The lowest BCUT2D eigenvalue weighted by molar-refractivity contribution is 0.185. The highest BCUT2D eigenvalue weighted by Crippen LogP contribution is 2.22. The zero-order valence-electron chi connectivity index (χ0n) is 16.7. The molecule has 1 N–H and O–H groups in total. The third-order valence-corrected chi connectivity index (χ3v) is 4.72. The Hall–Kier alpha value is -3.37. The molecule has 4 rings (SSSR count). The molecule has 0 aliphatic rings. The van der Waals surface area contributed by atoms with Crippen LogP contribution in [0, 0.1) is 6.92 Å². The van der Waals surface area contributed by atoms with Gasteiger partial charge in [-0.1, -0.05) is 42.5 Å². The van der Waals surface area contributed by atoms with Crippen LogP contribution >= 0.6 is 0 Å². The maximum Gasteiger partial charge on any atom is 0.127 e. The summed E-state index contributed by atoms with van der Waals surface area (Å²) in [6.45, 7) is 3.18. The second-order valence-electron chi connectivity index (χ2n) is 6.99. The molecule has 2 aromatic heterocycles. The minimum Gasteiger partial charge on any atom is -0.465 e. The lowest BCUT2D eigenvalue weighted by Gasteiger charge is -2.07. The zero-order valence-corrected chi connectivity index (χ0v) is 16.7. The molecule has 0 amide bonds. The van der Waals surface area contributed by atoms with E-state index in [1.165, 1.54) is 0 Å². The predicted molar refractivity (Wildman–Crippen MR) is 119 cm³/mol. The number of anilines is 1. The highest BCUT2D eigenvalue weighted by Gasteiger charge is 2.03. The van der Waals surface area contributed by atoms with Gasteiger partial charge < -0.3 is 14.5 Å². The first kappa shape index (κ1) is 19.0. The Labute approximate surface area is 170 Å². The first-order chi connectivity index (χ1) is 14.2. The van der Waals surface area contributed by atoms with Crippen molar-refractivity contribution in [1.29, 1.82) is 0 Å². The van der Waals surface area contributed by atoms with Crippen molar-refractivity contribution in [3.63, 3.8) is 0 Å². The summed E-state index contributed by atoms with van der Waals surface area (Å²) < 4.78 is 10.8. The van der Waals surface area contributed by atoms with E-state index in [-0.39, 0.29) is 0 Å². The highest BCUT2D eigenvalue weighted by molar-refractivity contribution is 5.91. The van der Waals surface area contributed by atoms with Gasteiger partial charge in [-0.15, -0.1) is 0 Å². The van der Waals surface area contributed by atoms with E-state index in [4.69, 9.17) is 14.1 Å². The number of rotatable bonds is 7. The topological polar surface area (TPSA) is 47.3 Å². The molecule has 0 unspecified atom stereocenters. The molecule has 4 aromatic rings. The summed E-state index contributed by atoms with van der Waals surface area (Å²) in [5.41, 5.74) is 4.41. The molecular formula is C25H24N2O2. The van der Waals surface area contributed by atoms with E-state index in [1.54, 1.807) is 7.11 Å². The number of fused-ring (bicyclic) bond motifs is 1. The second-order valence-corrected chi connectivity index (χ2v) is 6.99. The summed E-state index contributed by atoms with van der Waals surface area (Å²) in [4.78, 5) is 4.75. The number of benzene rings is 2. The number of nitrogens with one attached hydrogen (secondary N) is 1.